The van der Waals surface area contributed by atoms with Gasteiger partial charge in [-0.05, 0) is 33.1 Å². The van der Waals surface area contributed by atoms with Gasteiger partial charge in [0, 0.05) is 12.0 Å². The summed E-state index contributed by atoms with van der Waals surface area (Å²) >= 11 is 0. The van der Waals surface area contributed by atoms with Crippen LogP contribution < -0.4 is 11.3 Å². The van der Waals surface area contributed by atoms with E-state index in [2.05, 4.69) is 25.9 Å². The monoisotopic (exact) mass is 198 g/mol. The minimum atomic E-state index is 0.372. The fourth-order valence-corrected chi connectivity index (χ4v) is 1.99. The van der Waals surface area contributed by atoms with Crippen molar-refractivity contribution < 1.29 is 4.74 Å². The van der Waals surface area contributed by atoms with Gasteiger partial charge in [0.1, 0.15) is 0 Å². The van der Waals surface area contributed by atoms with Crippen LogP contribution in [0.5, 0.6) is 0 Å². The molecule has 1 saturated heterocycles. The minimum Gasteiger partial charge on any atom is -0.378 e. The Morgan fingerprint density at radius 3 is 2.86 bits per heavy atom. The molecule has 0 aromatic rings. The van der Waals surface area contributed by atoms with Crippen molar-refractivity contribution in [3.8, 4) is 0 Å². The third-order valence-electron chi connectivity index (χ3n) is 2.89. The molecular formula is C11H22N2O. The quantitative estimate of drug-likeness (QED) is 0.401. The van der Waals surface area contributed by atoms with Crippen LogP contribution in [0.3, 0.4) is 0 Å². The normalized spacial score (nSPS) is 29.1. The lowest BCUT2D eigenvalue weighted by molar-refractivity contribution is 0.116. The standard InChI is InChI=1S/C11H22N2O/c1-8(2)4-5-11(13-12)10-6-9(3)14-7-10/h9-11,13H,1,4-7,12H2,2-3H3. The average Bonchev–Trinajstić information content (AvgIpc) is 2.53. The summed E-state index contributed by atoms with van der Waals surface area (Å²) in [6, 6.07) is 0.372. The van der Waals surface area contributed by atoms with Gasteiger partial charge in [-0.15, -0.1) is 6.58 Å². The maximum Gasteiger partial charge on any atom is 0.0551 e. The van der Waals surface area contributed by atoms with Gasteiger partial charge in [0.25, 0.3) is 0 Å². The van der Waals surface area contributed by atoms with Gasteiger partial charge in [-0.1, -0.05) is 5.57 Å². The maximum atomic E-state index is 5.55. The van der Waals surface area contributed by atoms with Crippen LogP contribution in [-0.4, -0.2) is 18.8 Å². The molecule has 3 N–H and O–H groups in total. The highest BCUT2D eigenvalue weighted by Gasteiger charge is 2.28. The second kappa shape index (κ2) is 5.49. The van der Waals surface area contributed by atoms with Gasteiger partial charge in [-0.2, -0.15) is 0 Å². The van der Waals surface area contributed by atoms with E-state index in [1.807, 2.05) is 0 Å². The predicted octanol–water partition coefficient (Wildman–Crippen LogP) is 1.60. The smallest absolute Gasteiger partial charge is 0.0551 e. The molecule has 0 saturated carbocycles. The number of ether oxygens (including phenoxy) is 1. The molecule has 82 valence electrons. The minimum absolute atomic E-state index is 0.372. The SMILES string of the molecule is C=C(C)CCC(NN)C1COC(C)C1. The molecule has 3 unspecified atom stereocenters. The molecule has 3 heteroatoms. The number of nitrogens with two attached hydrogens (primary N) is 1. The van der Waals surface area contributed by atoms with Crippen molar-refractivity contribution in [2.45, 2.75) is 45.3 Å². The van der Waals surface area contributed by atoms with Gasteiger partial charge in [0.2, 0.25) is 0 Å². The van der Waals surface area contributed by atoms with Crippen LogP contribution >= 0.6 is 0 Å². The molecule has 3 nitrogen and oxygen atoms in total. The van der Waals surface area contributed by atoms with Crippen LogP contribution in [0.4, 0.5) is 0 Å². The Hall–Kier alpha value is -0.380. The summed E-state index contributed by atoms with van der Waals surface area (Å²) in [7, 11) is 0. The van der Waals surface area contributed by atoms with Gasteiger partial charge >= 0.3 is 0 Å². The number of hydrazine groups is 1. The molecular weight excluding hydrogens is 176 g/mol. The van der Waals surface area contributed by atoms with Gasteiger partial charge < -0.3 is 4.74 Å². The third-order valence-corrected chi connectivity index (χ3v) is 2.89. The zero-order valence-corrected chi connectivity index (χ0v) is 9.25. The zero-order valence-electron chi connectivity index (χ0n) is 9.25. The second-order valence-electron chi connectivity index (χ2n) is 4.41. The Kier molecular flexibility index (Phi) is 4.58. The van der Waals surface area contributed by atoms with Crippen molar-refractivity contribution in [2.75, 3.05) is 6.61 Å². The zero-order chi connectivity index (χ0) is 10.6. The molecule has 0 bridgehead atoms. The van der Waals surface area contributed by atoms with Crippen molar-refractivity contribution in [1.29, 1.82) is 0 Å². The van der Waals surface area contributed by atoms with E-state index in [9.17, 15) is 0 Å². The molecule has 0 spiro atoms. The van der Waals surface area contributed by atoms with Crippen LogP contribution in [0.1, 0.15) is 33.1 Å². The molecule has 0 aliphatic carbocycles. The van der Waals surface area contributed by atoms with Crippen molar-refractivity contribution in [1.82, 2.24) is 5.43 Å². The maximum absolute atomic E-state index is 5.55. The van der Waals surface area contributed by atoms with E-state index in [-0.39, 0.29) is 0 Å². The third kappa shape index (κ3) is 3.40. The summed E-state index contributed by atoms with van der Waals surface area (Å²) in [5, 5.41) is 0. The van der Waals surface area contributed by atoms with Crippen molar-refractivity contribution in [3.63, 3.8) is 0 Å². The highest BCUT2D eigenvalue weighted by atomic mass is 16.5. The molecule has 1 heterocycles. The number of hydrogen-bond donors (Lipinski definition) is 2. The molecule has 0 aromatic heterocycles. The van der Waals surface area contributed by atoms with Crippen molar-refractivity contribution in [3.05, 3.63) is 12.2 Å². The van der Waals surface area contributed by atoms with Gasteiger partial charge in [0.05, 0.1) is 12.7 Å². The summed E-state index contributed by atoms with van der Waals surface area (Å²) in [5.41, 5.74) is 4.12. The topological polar surface area (TPSA) is 47.3 Å². The van der Waals surface area contributed by atoms with E-state index in [0.29, 0.717) is 18.1 Å². The summed E-state index contributed by atoms with van der Waals surface area (Å²) in [6.45, 7) is 8.92. The van der Waals surface area contributed by atoms with E-state index >= 15 is 0 Å². The van der Waals surface area contributed by atoms with Crippen molar-refractivity contribution in [2.24, 2.45) is 11.8 Å². The highest BCUT2D eigenvalue weighted by molar-refractivity contribution is 4.91. The largest absolute Gasteiger partial charge is 0.378 e. The lowest BCUT2D eigenvalue weighted by Crippen LogP contribution is -2.41. The Labute approximate surface area is 86.7 Å². The molecule has 1 aliphatic heterocycles. The second-order valence-corrected chi connectivity index (χ2v) is 4.41. The molecule has 1 fully saturated rings. The number of allylic oxidation sites excluding steroid dienone is 1. The van der Waals surface area contributed by atoms with Crippen LogP contribution in [0.2, 0.25) is 0 Å². The molecule has 1 aliphatic rings. The first-order valence-electron chi connectivity index (χ1n) is 5.35. The van der Waals surface area contributed by atoms with Crippen LogP contribution in [0.15, 0.2) is 12.2 Å². The van der Waals surface area contributed by atoms with Crippen molar-refractivity contribution >= 4 is 0 Å². The summed E-state index contributed by atoms with van der Waals surface area (Å²) in [6.07, 6.45) is 3.61. The van der Waals surface area contributed by atoms with E-state index in [0.717, 1.165) is 25.9 Å². The van der Waals surface area contributed by atoms with Gasteiger partial charge in [-0.25, -0.2) is 0 Å². The van der Waals surface area contributed by atoms with Gasteiger partial charge in [-0.3, -0.25) is 11.3 Å². The first-order valence-corrected chi connectivity index (χ1v) is 5.35. The number of hydrogen-bond acceptors (Lipinski definition) is 3. The summed E-state index contributed by atoms with van der Waals surface area (Å²) in [4.78, 5) is 0. The van der Waals surface area contributed by atoms with Crippen LogP contribution in [0, 0.1) is 5.92 Å². The van der Waals surface area contributed by atoms with Crippen LogP contribution in [0.25, 0.3) is 0 Å². The fourth-order valence-electron chi connectivity index (χ4n) is 1.99. The lowest BCUT2D eigenvalue weighted by Gasteiger charge is -2.21. The Balaban J connectivity index is 2.34. The Bertz CT molecular complexity index is 194. The Morgan fingerprint density at radius 1 is 1.71 bits per heavy atom. The molecule has 14 heavy (non-hydrogen) atoms. The summed E-state index contributed by atoms with van der Waals surface area (Å²) < 4.78 is 5.54. The van der Waals surface area contributed by atoms with E-state index in [4.69, 9.17) is 10.6 Å². The molecule has 0 aromatic carbocycles. The molecule has 3 atom stereocenters. The van der Waals surface area contributed by atoms with E-state index in [1.54, 1.807) is 0 Å². The first kappa shape index (κ1) is 11.7. The molecule has 0 radical (unpaired) electrons. The number of rotatable bonds is 5. The van der Waals surface area contributed by atoms with Gasteiger partial charge in [0.15, 0.2) is 0 Å². The predicted molar refractivity (Wildman–Crippen MR) is 58.7 cm³/mol. The molecule has 1 rings (SSSR count). The summed E-state index contributed by atoms with van der Waals surface area (Å²) in [5.74, 6) is 6.11. The molecule has 0 amide bonds. The Morgan fingerprint density at radius 2 is 2.43 bits per heavy atom. The highest BCUT2D eigenvalue weighted by Crippen LogP contribution is 2.24. The van der Waals surface area contributed by atoms with E-state index in [1.165, 1.54) is 5.57 Å². The van der Waals surface area contributed by atoms with Crippen LogP contribution in [-0.2, 0) is 4.74 Å². The number of nitrogens with one attached hydrogen (secondary N) is 1. The average molecular weight is 198 g/mol. The lowest BCUT2D eigenvalue weighted by atomic mass is 9.93. The fraction of sp³-hybridized carbons (Fsp3) is 0.818. The first-order chi connectivity index (χ1) is 6.63. The van der Waals surface area contributed by atoms with E-state index < -0.39 is 0 Å².